The zero-order valence-corrected chi connectivity index (χ0v) is 25.4. The third kappa shape index (κ3) is 6.38. The van der Waals surface area contributed by atoms with Gasteiger partial charge >= 0.3 is 0 Å². The number of benzene rings is 2. The van der Waals surface area contributed by atoms with Crippen LogP contribution >= 0.6 is 0 Å². The summed E-state index contributed by atoms with van der Waals surface area (Å²) in [4.78, 5) is 21.8. The maximum atomic E-state index is 14.6. The molecule has 0 radical (unpaired) electrons. The Morgan fingerprint density at radius 3 is 2.50 bits per heavy atom. The molecule has 11 nitrogen and oxygen atoms in total. The van der Waals surface area contributed by atoms with Crippen LogP contribution in [0.4, 0.5) is 4.39 Å². The van der Waals surface area contributed by atoms with E-state index in [1.165, 1.54) is 17.7 Å². The minimum Gasteiger partial charge on any atom is -0.321 e. The number of aromatic nitrogens is 7. The van der Waals surface area contributed by atoms with Crippen LogP contribution in [0.15, 0.2) is 91.4 Å². The van der Waals surface area contributed by atoms with E-state index in [1.54, 1.807) is 24.5 Å². The van der Waals surface area contributed by atoms with Crippen LogP contribution in [0.2, 0.25) is 0 Å². The van der Waals surface area contributed by atoms with Gasteiger partial charge in [0.15, 0.2) is 17.2 Å². The van der Waals surface area contributed by atoms with E-state index < -0.39 is 15.8 Å². The molecule has 0 aliphatic heterocycles. The molecule has 0 fully saturated rings. The number of H-pyrrole nitrogens is 2. The molecule has 230 valence electrons. The highest BCUT2D eigenvalue weighted by Gasteiger charge is 2.18. The Morgan fingerprint density at radius 1 is 0.826 bits per heavy atom. The summed E-state index contributed by atoms with van der Waals surface area (Å²) < 4.78 is 40.2. The van der Waals surface area contributed by atoms with Gasteiger partial charge in [0.05, 0.1) is 17.5 Å². The third-order valence-electron chi connectivity index (χ3n) is 7.42. The molecule has 5 aromatic heterocycles. The standard InChI is InChI=1S/C33H28FN9O2S/c1-46(44,45)38-18-21-11-23(14-25(34)13-21)26-9-10-37-32-29(26)40-33(41-32)31-30-28(42-43-31)8-7-27(39-30)24-12-22(17-36-19-24)16-35-15-20-5-3-2-4-6-20/h2-14,17,19,35,38H,15-16,18H2,1H3,(H,42,43)(H,37,40,41). The summed E-state index contributed by atoms with van der Waals surface area (Å²) >= 11 is 0. The molecule has 5 heterocycles. The predicted octanol–water partition coefficient (Wildman–Crippen LogP) is 5.10. The molecule has 7 rings (SSSR count). The van der Waals surface area contributed by atoms with Crippen LogP contribution in [0.1, 0.15) is 16.7 Å². The smallest absolute Gasteiger partial charge is 0.209 e. The fourth-order valence-corrected chi connectivity index (χ4v) is 5.70. The summed E-state index contributed by atoms with van der Waals surface area (Å²) in [7, 11) is -3.45. The van der Waals surface area contributed by atoms with Gasteiger partial charge in [0.1, 0.15) is 16.9 Å². The lowest BCUT2D eigenvalue weighted by Gasteiger charge is -2.08. The van der Waals surface area contributed by atoms with Crippen LogP contribution in [0, 0.1) is 5.82 Å². The van der Waals surface area contributed by atoms with Gasteiger partial charge in [0, 0.05) is 49.4 Å². The number of halogens is 1. The van der Waals surface area contributed by atoms with E-state index in [0.29, 0.717) is 51.4 Å². The number of aromatic amines is 2. The van der Waals surface area contributed by atoms with Gasteiger partial charge in [-0.15, -0.1) is 0 Å². The Morgan fingerprint density at radius 2 is 1.65 bits per heavy atom. The maximum Gasteiger partial charge on any atom is 0.209 e. The number of hydrogen-bond acceptors (Lipinski definition) is 8. The molecule has 0 unspecified atom stereocenters. The first-order chi connectivity index (χ1) is 22.3. The van der Waals surface area contributed by atoms with Crippen molar-refractivity contribution in [3.8, 4) is 33.9 Å². The molecule has 0 spiro atoms. The highest BCUT2D eigenvalue weighted by molar-refractivity contribution is 7.88. The molecule has 4 N–H and O–H groups in total. The minimum atomic E-state index is -3.45. The molecule has 7 aromatic rings. The molecule has 2 aromatic carbocycles. The molecular weight excluding hydrogens is 605 g/mol. The second-order valence-corrected chi connectivity index (χ2v) is 12.8. The van der Waals surface area contributed by atoms with Crippen LogP contribution in [0.25, 0.3) is 56.1 Å². The first-order valence-electron chi connectivity index (χ1n) is 14.4. The molecule has 0 aliphatic carbocycles. The molecule has 13 heteroatoms. The summed E-state index contributed by atoms with van der Waals surface area (Å²) in [5.41, 5.74) is 8.34. The van der Waals surface area contributed by atoms with Crippen molar-refractivity contribution in [2.24, 2.45) is 0 Å². The zero-order chi connectivity index (χ0) is 31.7. The van der Waals surface area contributed by atoms with Crippen molar-refractivity contribution >= 4 is 32.2 Å². The maximum absolute atomic E-state index is 14.6. The Bertz CT molecular complexity index is 2300. The molecule has 0 atom stereocenters. The molecule has 0 aliphatic rings. The SMILES string of the molecule is CS(=O)(=O)NCc1cc(F)cc(-c2ccnc3[nH]c(-c4n[nH]c5ccc(-c6cncc(CNCc7ccccc7)c6)nc45)nc23)c1. The van der Waals surface area contributed by atoms with Crippen LogP contribution in [-0.2, 0) is 29.7 Å². The van der Waals surface area contributed by atoms with Gasteiger partial charge in [-0.1, -0.05) is 30.3 Å². The monoisotopic (exact) mass is 633 g/mol. The molecule has 0 bridgehead atoms. The Hall–Kier alpha value is -5.37. The first-order valence-corrected chi connectivity index (χ1v) is 16.3. The second kappa shape index (κ2) is 12.2. The normalized spacial score (nSPS) is 11.9. The molecular formula is C33H28FN9O2S. The average molecular weight is 634 g/mol. The number of fused-ring (bicyclic) bond motifs is 2. The zero-order valence-electron chi connectivity index (χ0n) is 24.6. The summed E-state index contributed by atoms with van der Waals surface area (Å²) in [6, 6.07) is 22.3. The van der Waals surface area contributed by atoms with E-state index in [9.17, 15) is 12.8 Å². The van der Waals surface area contributed by atoms with Gasteiger partial charge < -0.3 is 10.3 Å². The highest BCUT2D eigenvalue weighted by atomic mass is 32.2. The molecule has 46 heavy (non-hydrogen) atoms. The van der Waals surface area contributed by atoms with Gasteiger partial charge in [-0.2, -0.15) is 5.10 Å². The fraction of sp³-hybridized carbons (Fsp3) is 0.121. The summed E-state index contributed by atoms with van der Waals surface area (Å²) in [6.07, 6.45) is 6.28. The molecule has 0 saturated carbocycles. The lowest BCUT2D eigenvalue weighted by molar-refractivity contribution is 0.586. The van der Waals surface area contributed by atoms with E-state index in [2.05, 4.69) is 53.4 Å². The van der Waals surface area contributed by atoms with Crippen molar-refractivity contribution in [3.63, 3.8) is 0 Å². The van der Waals surface area contributed by atoms with Crippen LogP contribution in [-0.4, -0.2) is 49.8 Å². The van der Waals surface area contributed by atoms with Gasteiger partial charge in [0.25, 0.3) is 0 Å². The number of nitrogens with zero attached hydrogens (tertiary/aromatic N) is 5. The van der Waals surface area contributed by atoms with Gasteiger partial charge in [0.2, 0.25) is 10.0 Å². The summed E-state index contributed by atoms with van der Waals surface area (Å²) in [6.45, 7) is 1.37. The molecule has 0 amide bonds. The number of rotatable bonds is 10. The fourth-order valence-electron chi connectivity index (χ4n) is 5.27. The Labute approximate surface area is 263 Å². The van der Waals surface area contributed by atoms with E-state index in [-0.39, 0.29) is 6.54 Å². The van der Waals surface area contributed by atoms with Crippen molar-refractivity contribution in [3.05, 3.63) is 114 Å². The number of pyridine rings is 3. The van der Waals surface area contributed by atoms with Crippen molar-refractivity contribution in [1.29, 1.82) is 0 Å². The van der Waals surface area contributed by atoms with E-state index in [0.717, 1.165) is 35.1 Å². The Balaban J connectivity index is 1.19. The van der Waals surface area contributed by atoms with Gasteiger partial charge in [-0.05, 0) is 64.7 Å². The van der Waals surface area contributed by atoms with E-state index in [4.69, 9.17) is 9.97 Å². The van der Waals surface area contributed by atoms with Crippen molar-refractivity contribution < 1.29 is 12.8 Å². The number of nitrogens with one attached hydrogen (secondary N) is 4. The van der Waals surface area contributed by atoms with Crippen molar-refractivity contribution in [1.82, 2.24) is 45.2 Å². The van der Waals surface area contributed by atoms with Crippen LogP contribution in [0.3, 0.4) is 0 Å². The van der Waals surface area contributed by atoms with Gasteiger partial charge in [-0.25, -0.2) is 32.5 Å². The number of hydrogen-bond donors (Lipinski definition) is 4. The third-order valence-corrected chi connectivity index (χ3v) is 8.08. The second-order valence-electron chi connectivity index (χ2n) is 10.9. The topological polar surface area (TPSA) is 154 Å². The lowest BCUT2D eigenvalue weighted by Crippen LogP contribution is -2.21. The summed E-state index contributed by atoms with van der Waals surface area (Å²) in [5.74, 6) is -0.0534. The predicted molar refractivity (Wildman–Crippen MR) is 174 cm³/mol. The summed E-state index contributed by atoms with van der Waals surface area (Å²) in [5, 5.41) is 11.0. The minimum absolute atomic E-state index is 0.0421. The van der Waals surface area contributed by atoms with E-state index in [1.807, 2.05) is 36.5 Å². The van der Waals surface area contributed by atoms with Crippen molar-refractivity contribution in [2.75, 3.05) is 6.26 Å². The number of sulfonamides is 1. The Kier molecular flexibility index (Phi) is 7.78. The quantitative estimate of drug-likeness (QED) is 0.162. The van der Waals surface area contributed by atoms with E-state index >= 15 is 0 Å². The van der Waals surface area contributed by atoms with Crippen LogP contribution in [0.5, 0.6) is 0 Å². The largest absolute Gasteiger partial charge is 0.321 e. The highest BCUT2D eigenvalue weighted by Crippen LogP contribution is 2.32. The molecule has 0 saturated heterocycles. The number of imidazole rings is 1. The van der Waals surface area contributed by atoms with Crippen molar-refractivity contribution in [2.45, 2.75) is 19.6 Å². The lowest BCUT2D eigenvalue weighted by atomic mass is 10.0. The average Bonchev–Trinajstić information content (AvgIpc) is 3.68. The first kappa shape index (κ1) is 29.3. The van der Waals surface area contributed by atoms with Gasteiger partial charge in [-0.3, -0.25) is 10.1 Å². The van der Waals surface area contributed by atoms with Crippen LogP contribution < -0.4 is 10.0 Å².